The van der Waals surface area contributed by atoms with Crippen molar-refractivity contribution in [1.82, 2.24) is 0 Å². The predicted molar refractivity (Wildman–Crippen MR) is 145 cm³/mol. The molecule has 0 saturated carbocycles. The fourth-order valence-electron chi connectivity index (χ4n) is 5.84. The zero-order valence-electron chi connectivity index (χ0n) is 23.2. The Morgan fingerprint density at radius 3 is 2.65 bits per heavy atom. The average Bonchev–Trinajstić information content (AvgIpc) is 2.76. The molecule has 2 rings (SSSR count). The van der Waals surface area contributed by atoms with Gasteiger partial charge in [-0.1, -0.05) is 56.7 Å². The number of aliphatic hydroxyl groups is 2. The minimum Gasteiger partial charge on any atom is -0.513 e. The summed E-state index contributed by atoms with van der Waals surface area (Å²) in [6.45, 7) is 18.9. The maximum Gasteiger partial charge on any atom is 0.0961 e. The normalized spacial score (nSPS) is 30.1. The molecule has 5 unspecified atom stereocenters. The number of hydrogen-bond donors (Lipinski definition) is 2. The summed E-state index contributed by atoms with van der Waals surface area (Å²) < 4.78 is 6.98. The van der Waals surface area contributed by atoms with Gasteiger partial charge in [0.05, 0.1) is 22.6 Å². The Bertz CT molecular complexity index is 786. The van der Waals surface area contributed by atoms with Crippen LogP contribution < -0.4 is 0 Å². The Morgan fingerprint density at radius 1 is 1.32 bits per heavy atom. The molecular weight excluding hydrogens is 420 g/mol. The van der Waals surface area contributed by atoms with Gasteiger partial charge in [0.2, 0.25) is 0 Å². The van der Waals surface area contributed by atoms with Crippen molar-refractivity contribution in [3.05, 3.63) is 47.3 Å². The van der Waals surface area contributed by atoms with Crippen molar-refractivity contribution in [2.24, 2.45) is 11.8 Å². The molecule has 1 saturated heterocycles. The summed E-state index contributed by atoms with van der Waals surface area (Å²) >= 11 is 0. The number of hydrogen-bond acceptors (Lipinski definition) is 3. The first kappa shape index (κ1) is 28.9. The van der Waals surface area contributed by atoms with Crippen LogP contribution >= 0.6 is 0 Å². The molecule has 1 heterocycles. The van der Waals surface area contributed by atoms with Crippen molar-refractivity contribution in [2.75, 3.05) is 0 Å². The summed E-state index contributed by atoms with van der Waals surface area (Å²) in [5.41, 5.74) is 3.49. The molecule has 3 nitrogen and oxygen atoms in total. The smallest absolute Gasteiger partial charge is 0.0961 e. The third kappa shape index (κ3) is 7.59. The fourth-order valence-corrected chi connectivity index (χ4v) is 5.84. The highest BCUT2D eigenvalue weighted by Crippen LogP contribution is 2.50. The SMILES string of the molecule is C=C(O)C(C)CCCC(C)(O)CCC/C(C)=C/CCC1(C)CCC2=CC=C(C)C(C)C2(CC)O1. The Labute approximate surface area is 210 Å². The number of fused-ring (bicyclic) bond motifs is 1. The van der Waals surface area contributed by atoms with Crippen molar-refractivity contribution < 1.29 is 14.9 Å². The molecule has 0 aromatic rings. The number of aliphatic hydroxyl groups excluding tert-OH is 1. The molecule has 1 fully saturated rings. The monoisotopic (exact) mass is 472 g/mol. The maximum atomic E-state index is 10.7. The van der Waals surface area contributed by atoms with E-state index in [0.29, 0.717) is 5.92 Å². The van der Waals surface area contributed by atoms with Crippen LogP contribution in [0.5, 0.6) is 0 Å². The Morgan fingerprint density at radius 2 is 2.00 bits per heavy atom. The molecule has 0 aromatic carbocycles. The molecule has 0 radical (unpaired) electrons. The number of rotatable bonds is 13. The first-order valence-corrected chi connectivity index (χ1v) is 13.7. The molecule has 194 valence electrons. The molecule has 1 aliphatic carbocycles. The van der Waals surface area contributed by atoms with Gasteiger partial charge in [0.1, 0.15) is 0 Å². The minimum absolute atomic E-state index is 0.0727. The van der Waals surface area contributed by atoms with Crippen LogP contribution in [0.25, 0.3) is 0 Å². The lowest BCUT2D eigenvalue weighted by Gasteiger charge is -2.53. The van der Waals surface area contributed by atoms with Gasteiger partial charge in [0.25, 0.3) is 0 Å². The van der Waals surface area contributed by atoms with Crippen LogP contribution in [0.2, 0.25) is 0 Å². The lowest BCUT2D eigenvalue weighted by Crippen LogP contribution is -2.53. The van der Waals surface area contributed by atoms with Gasteiger partial charge in [-0.15, -0.1) is 0 Å². The summed E-state index contributed by atoms with van der Waals surface area (Å²) in [5, 5.41) is 20.2. The van der Waals surface area contributed by atoms with E-state index in [1.807, 2.05) is 13.8 Å². The van der Waals surface area contributed by atoms with Gasteiger partial charge in [-0.25, -0.2) is 0 Å². The topological polar surface area (TPSA) is 49.7 Å². The molecule has 0 bridgehead atoms. The summed E-state index contributed by atoms with van der Waals surface area (Å²) in [6, 6.07) is 0. The van der Waals surface area contributed by atoms with E-state index in [0.717, 1.165) is 70.6 Å². The average molecular weight is 473 g/mol. The van der Waals surface area contributed by atoms with Crippen molar-refractivity contribution in [2.45, 2.75) is 136 Å². The molecule has 0 aromatic heterocycles. The van der Waals surface area contributed by atoms with E-state index < -0.39 is 5.60 Å². The molecule has 3 heteroatoms. The van der Waals surface area contributed by atoms with Gasteiger partial charge in [0, 0.05) is 11.8 Å². The summed E-state index contributed by atoms with van der Waals surface area (Å²) in [6.07, 6.45) is 17.8. The third-order valence-corrected chi connectivity index (χ3v) is 8.72. The molecule has 34 heavy (non-hydrogen) atoms. The van der Waals surface area contributed by atoms with Gasteiger partial charge in [-0.05, 0) is 104 Å². The summed E-state index contributed by atoms with van der Waals surface area (Å²) in [5.74, 6) is 0.787. The lowest BCUT2D eigenvalue weighted by atomic mass is 9.68. The Kier molecular flexibility index (Phi) is 10.3. The van der Waals surface area contributed by atoms with Crippen LogP contribution in [0.15, 0.2) is 47.3 Å². The second kappa shape index (κ2) is 12.1. The molecule has 5 atom stereocenters. The highest BCUT2D eigenvalue weighted by molar-refractivity contribution is 5.36. The first-order valence-electron chi connectivity index (χ1n) is 13.7. The first-order chi connectivity index (χ1) is 15.8. The fraction of sp³-hybridized carbons (Fsp3) is 0.742. The summed E-state index contributed by atoms with van der Waals surface area (Å²) in [4.78, 5) is 0. The van der Waals surface area contributed by atoms with Gasteiger partial charge in [0.15, 0.2) is 0 Å². The highest BCUT2D eigenvalue weighted by atomic mass is 16.5. The molecule has 0 amide bonds. The van der Waals surface area contributed by atoms with Crippen LogP contribution in [-0.2, 0) is 4.74 Å². The minimum atomic E-state index is -0.636. The standard InChI is InChI=1S/C31H52O3/c1-9-31-26(5)24(3)16-17-28(31)18-22-30(8,34-31)21-11-14-23(2)13-10-19-29(7,33)20-12-15-25(4)27(6)32/h14,16-17,25-26,32-33H,6,9-13,15,18-22H2,1-5,7-8H3/b23-14+. The lowest BCUT2D eigenvalue weighted by molar-refractivity contribution is -0.175. The molecular formula is C31H52O3. The Hall–Kier alpha value is -1.32. The van der Waals surface area contributed by atoms with Crippen molar-refractivity contribution >= 4 is 0 Å². The highest BCUT2D eigenvalue weighted by Gasteiger charge is 2.49. The zero-order chi connectivity index (χ0) is 25.6. The van der Waals surface area contributed by atoms with E-state index in [2.05, 4.69) is 59.4 Å². The predicted octanol–water partition coefficient (Wildman–Crippen LogP) is 8.75. The van der Waals surface area contributed by atoms with Crippen LogP contribution in [0.3, 0.4) is 0 Å². The maximum absolute atomic E-state index is 10.7. The van der Waals surface area contributed by atoms with E-state index in [9.17, 15) is 10.2 Å². The third-order valence-electron chi connectivity index (χ3n) is 8.72. The van der Waals surface area contributed by atoms with Gasteiger partial charge >= 0.3 is 0 Å². The quantitative estimate of drug-likeness (QED) is 0.208. The van der Waals surface area contributed by atoms with Crippen LogP contribution in [0, 0.1) is 11.8 Å². The van der Waals surface area contributed by atoms with Crippen LogP contribution in [-0.4, -0.2) is 27.0 Å². The number of allylic oxidation sites excluding steroid dienone is 5. The van der Waals surface area contributed by atoms with Crippen LogP contribution in [0.4, 0.5) is 0 Å². The van der Waals surface area contributed by atoms with Gasteiger partial charge in [-0.3, -0.25) is 0 Å². The summed E-state index contributed by atoms with van der Waals surface area (Å²) in [7, 11) is 0. The van der Waals surface area contributed by atoms with E-state index in [1.165, 1.54) is 16.7 Å². The van der Waals surface area contributed by atoms with Crippen molar-refractivity contribution in [3.8, 4) is 0 Å². The van der Waals surface area contributed by atoms with Crippen molar-refractivity contribution in [3.63, 3.8) is 0 Å². The van der Waals surface area contributed by atoms with E-state index in [1.54, 1.807) is 0 Å². The Balaban J connectivity index is 1.79. The molecule has 0 spiro atoms. The molecule has 2 aliphatic rings. The molecule has 2 N–H and O–H groups in total. The zero-order valence-corrected chi connectivity index (χ0v) is 23.2. The largest absolute Gasteiger partial charge is 0.513 e. The van der Waals surface area contributed by atoms with Crippen LogP contribution in [0.1, 0.15) is 119 Å². The van der Waals surface area contributed by atoms with Crippen molar-refractivity contribution in [1.29, 1.82) is 0 Å². The van der Waals surface area contributed by atoms with Gasteiger partial charge < -0.3 is 14.9 Å². The second-order valence-electron chi connectivity index (χ2n) is 11.8. The van der Waals surface area contributed by atoms with E-state index in [4.69, 9.17) is 4.74 Å². The second-order valence-corrected chi connectivity index (χ2v) is 11.8. The van der Waals surface area contributed by atoms with Gasteiger partial charge in [-0.2, -0.15) is 0 Å². The number of ether oxygens (including phenoxy) is 1. The van der Waals surface area contributed by atoms with E-state index >= 15 is 0 Å². The van der Waals surface area contributed by atoms with E-state index in [-0.39, 0.29) is 22.9 Å². The molecule has 1 aliphatic heterocycles.